The van der Waals surface area contributed by atoms with E-state index in [1.165, 1.54) is 0 Å². The van der Waals surface area contributed by atoms with Crippen LogP contribution in [0.4, 0.5) is 8.78 Å². The number of para-hydroxylation sites is 2. The average molecular weight is 431 g/mol. The summed E-state index contributed by atoms with van der Waals surface area (Å²) in [6.45, 7) is 0. The second-order valence-corrected chi connectivity index (χ2v) is 7.70. The number of halogens is 2. The number of aromatic nitrogens is 3. The summed E-state index contributed by atoms with van der Waals surface area (Å²) in [5, 5.41) is 0. The molecule has 2 aromatic heterocycles. The second kappa shape index (κ2) is 8.00. The number of hydrogen-bond donors (Lipinski definition) is 1. The number of ketones is 1. The first-order chi connectivity index (χ1) is 15.5. The maximum absolute atomic E-state index is 13.5. The minimum atomic E-state index is -2.66. The predicted molar refractivity (Wildman–Crippen MR) is 117 cm³/mol. The molecular weight excluding hydrogens is 412 g/mol. The van der Waals surface area contributed by atoms with E-state index in [0.717, 1.165) is 16.6 Å². The first-order valence-electron chi connectivity index (χ1n) is 10.3. The van der Waals surface area contributed by atoms with E-state index in [0.29, 0.717) is 22.8 Å². The number of nitrogens with one attached hydrogen (secondary N) is 1. The minimum absolute atomic E-state index is 0.189. The summed E-state index contributed by atoms with van der Waals surface area (Å²) in [5.74, 6) is -1.77. The lowest BCUT2D eigenvalue weighted by Gasteiger charge is -2.22. The summed E-state index contributed by atoms with van der Waals surface area (Å²) in [6, 6.07) is 17.7. The Morgan fingerprint density at radius 2 is 1.84 bits per heavy atom. The molecule has 0 saturated heterocycles. The summed E-state index contributed by atoms with van der Waals surface area (Å²) < 4.78 is 32.9. The van der Waals surface area contributed by atoms with E-state index in [1.54, 1.807) is 42.6 Å². The molecule has 5 nitrogen and oxygen atoms in total. The van der Waals surface area contributed by atoms with E-state index >= 15 is 0 Å². The molecule has 0 bridgehead atoms. The van der Waals surface area contributed by atoms with Crippen molar-refractivity contribution in [1.29, 1.82) is 0 Å². The highest BCUT2D eigenvalue weighted by Crippen LogP contribution is 2.39. The van der Waals surface area contributed by atoms with Gasteiger partial charge in [-0.3, -0.25) is 4.79 Å². The normalized spacial score (nSPS) is 15.4. The molecule has 5 rings (SSSR count). The van der Waals surface area contributed by atoms with Gasteiger partial charge in [0.1, 0.15) is 5.75 Å². The molecule has 32 heavy (non-hydrogen) atoms. The van der Waals surface area contributed by atoms with Crippen LogP contribution >= 0.6 is 0 Å². The molecule has 0 aliphatic heterocycles. The van der Waals surface area contributed by atoms with Crippen LogP contribution in [0.15, 0.2) is 72.9 Å². The fourth-order valence-corrected chi connectivity index (χ4v) is 3.74. The number of hydrogen-bond acceptors (Lipinski definition) is 4. The van der Waals surface area contributed by atoms with Crippen molar-refractivity contribution in [3.05, 3.63) is 89.9 Å². The lowest BCUT2D eigenvalue weighted by atomic mass is 9.92. The van der Waals surface area contributed by atoms with Crippen LogP contribution in [0.3, 0.4) is 0 Å². The number of rotatable bonds is 5. The maximum Gasteiger partial charge on any atom is 0.251 e. The van der Waals surface area contributed by atoms with E-state index < -0.39 is 5.92 Å². The number of pyridine rings is 1. The Balaban J connectivity index is 1.35. The van der Waals surface area contributed by atoms with Gasteiger partial charge in [-0.15, -0.1) is 0 Å². The van der Waals surface area contributed by atoms with Crippen LogP contribution in [0, 0.1) is 0 Å². The van der Waals surface area contributed by atoms with Crippen molar-refractivity contribution >= 4 is 22.4 Å². The topological polar surface area (TPSA) is 67.9 Å². The molecule has 0 radical (unpaired) electrons. The van der Waals surface area contributed by atoms with Gasteiger partial charge in [-0.2, -0.15) is 0 Å². The largest absolute Gasteiger partial charge is 0.438 e. The van der Waals surface area contributed by atoms with E-state index in [4.69, 9.17) is 4.74 Å². The van der Waals surface area contributed by atoms with Gasteiger partial charge in [0.05, 0.1) is 11.0 Å². The van der Waals surface area contributed by atoms with Gasteiger partial charge in [0.25, 0.3) is 5.92 Å². The monoisotopic (exact) mass is 431 g/mol. The number of carbonyl (C=O) groups excluding carboxylic acids is 1. The molecule has 1 aliphatic rings. The molecular formula is C25H19F2N3O2. The Hall–Kier alpha value is -3.87. The SMILES string of the molecule is O=C(c1ccc(Oc2ncccc2C2=CCC(F)(F)CC2)cc1)c1nc2ccccc2[nH]1. The van der Waals surface area contributed by atoms with Gasteiger partial charge in [0.2, 0.25) is 11.7 Å². The second-order valence-electron chi connectivity index (χ2n) is 7.70. The third-order valence-corrected chi connectivity index (χ3v) is 5.46. The van der Waals surface area contributed by atoms with Gasteiger partial charge in [-0.1, -0.05) is 18.2 Å². The molecule has 0 atom stereocenters. The number of alkyl halides is 2. The van der Waals surface area contributed by atoms with E-state index in [2.05, 4.69) is 15.0 Å². The first kappa shape index (κ1) is 20.1. The summed E-state index contributed by atoms with van der Waals surface area (Å²) in [7, 11) is 0. The van der Waals surface area contributed by atoms with E-state index in [9.17, 15) is 13.6 Å². The molecule has 2 aromatic carbocycles. The van der Waals surface area contributed by atoms with Crippen LogP contribution < -0.4 is 4.74 Å². The van der Waals surface area contributed by atoms with Crippen LogP contribution in [-0.4, -0.2) is 26.7 Å². The van der Waals surface area contributed by atoms with Crippen LogP contribution in [-0.2, 0) is 0 Å². The van der Waals surface area contributed by atoms with Crippen molar-refractivity contribution in [2.24, 2.45) is 0 Å². The molecule has 0 unspecified atom stereocenters. The number of nitrogens with zero attached hydrogens (tertiary/aromatic N) is 2. The molecule has 1 N–H and O–H groups in total. The van der Waals surface area contributed by atoms with Crippen LogP contribution in [0.5, 0.6) is 11.6 Å². The Bertz CT molecular complexity index is 1290. The minimum Gasteiger partial charge on any atom is -0.438 e. The molecule has 1 aliphatic carbocycles. The number of aromatic amines is 1. The molecule has 2 heterocycles. The molecule has 0 spiro atoms. The number of ether oxygens (including phenoxy) is 1. The van der Waals surface area contributed by atoms with Gasteiger partial charge in [-0.05, 0) is 60.5 Å². The highest BCUT2D eigenvalue weighted by molar-refractivity contribution is 6.08. The van der Waals surface area contributed by atoms with Gasteiger partial charge in [0.15, 0.2) is 5.82 Å². The molecule has 0 amide bonds. The quantitative estimate of drug-likeness (QED) is 0.383. The summed E-state index contributed by atoms with van der Waals surface area (Å²) in [6.07, 6.45) is 2.94. The first-order valence-corrected chi connectivity index (χ1v) is 10.3. The predicted octanol–water partition coefficient (Wildman–Crippen LogP) is 6.18. The average Bonchev–Trinajstić information content (AvgIpc) is 3.24. The third-order valence-electron chi connectivity index (χ3n) is 5.46. The van der Waals surface area contributed by atoms with Crippen molar-refractivity contribution in [3.8, 4) is 11.6 Å². The van der Waals surface area contributed by atoms with Gasteiger partial charge in [-0.25, -0.2) is 18.7 Å². The van der Waals surface area contributed by atoms with Gasteiger partial charge < -0.3 is 9.72 Å². The smallest absolute Gasteiger partial charge is 0.251 e. The Labute approximate surface area is 182 Å². The number of imidazole rings is 1. The van der Waals surface area contributed by atoms with Crippen molar-refractivity contribution in [2.45, 2.75) is 25.2 Å². The Morgan fingerprint density at radius 1 is 1.03 bits per heavy atom. The zero-order valence-electron chi connectivity index (χ0n) is 17.0. The molecule has 160 valence electrons. The molecule has 0 saturated carbocycles. The zero-order valence-corrected chi connectivity index (χ0v) is 17.0. The van der Waals surface area contributed by atoms with E-state index in [-0.39, 0.29) is 30.9 Å². The number of benzene rings is 2. The molecule has 0 fully saturated rings. The van der Waals surface area contributed by atoms with Crippen molar-refractivity contribution in [1.82, 2.24) is 15.0 Å². The summed E-state index contributed by atoms with van der Waals surface area (Å²) >= 11 is 0. The summed E-state index contributed by atoms with van der Waals surface area (Å²) in [4.78, 5) is 24.4. The Kier molecular flexibility index (Phi) is 5.01. The number of H-pyrrole nitrogens is 1. The highest BCUT2D eigenvalue weighted by atomic mass is 19.3. The fraction of sp³-hybridized carbons (Fsp3) is 0.160. The lowest BCUT2D eigenvalue weighted by molar-refractivity contribution is -0.00605. The van der Waals surface area contributed by atoms with Crippen LogP contribution in [0.25, 0.3) is 16.6 Å². The number of allylic oxidation sites excluding steroid dienone is 2. The van der Waals surface area contributed by atoms with E-state index in [1.807, 2.05) is 30.3 Å². The summed E-state index contributed by atoms with van der Waals surface area (Å²) in [5.41, 5.74) is 3.50. The van der Waals surface area contributed by atoms with Gasteiger partial charge in [0, 0.05) is 30.2 Å². The van der Waals surface area contributed by atoms with Crippen molar-refractivity contribution in [3.63, 3.8) is 0 Å². The van der Waals surface area contributed by atoms with Crippen molar-refractivity contribution < 1.29 is 18.3 Å². The molecule has 4 aromatic rings. The van der Waals surface area contributed by atoms with Crippen LogP contribution in [0.2, 0.25) is 0 Å². The van der Waals surface area contributed by atoms with Gasteiger partial charge >= 0.3 is 0 Å². The number of carbonyl (C=O) groups is 1. The number of fused-ring (bicyclic) bond motifs is 1. The maximum atomic E-state index is 13.5. The standard InChI is InChI=1S/C25H19F2N3O2/c26-25(27)13-11-16(12-14-25)19-4-3-15-28-24(19)32-18-9-7-17(8-10-18)22(31)23-29-20-5-1-2-6-21(20)30-23/h1-11,15H,12-14H2,(H,29,30). The zero-order chi connectivity index (χ0) is 22.1. The lowest BCUT2D eigenvalue weighted by Crippen LogP contribution is -2.18. The highest BCUT2D eigenvalue weighted by Gasteiger charge is 2.31. The van der Waals surface area contributed by atoms with Crippen LogP contribution in [0.1, 0.15) is 41.0 Å². The fourth-order valence-electron chi connectivity index (χ4n) is 3.74. The van der Waals surface area contributed by atoms with Crippen molar-refractivity contribution in [2.75, 3.05) is 0 Å². The Morgan fingerprint density at radius 3 is 2.59 bits per heavy atom. The molecule has 7 heteroatoms. The third kappa shape index (κ3) is 4.01.